The number of aryl methyl sites for hydroxylation is 1. The molecule has 0 unspecified atom stereocenters. The van der Waals surface area contributed by atoms with E-state index >= 15 is 0 Å². The van der Waals surface area contributed by atoms with Gasteiger partial charge in [0.05, 0.1) is 13.1 Å². The summed E-state index contributed by atoms with van der Waals surface area (Å²) in [4.78, 5) is 11.5. The van der Waals surface area contributed by atoms with Gasteiger partial charge >= 0.3 is 0 Å². The molecule has 90 valence electrons. The van der Waals surface area contributed by atoms with Crippen LogP contribution in [0.1, 0.15) is 10.5 Å². The van der Waals surface area contributed by atoms with Crippen LogP contribution >= 0.6 is 15.9 Å². The Morgan fingerprint density at radius 2 is 2.31 bits per heavy atom. The van der Waals surface area contributed by atoms with E-state index in [2.05, 4.69) is 21.2 Å². The van der Waals surface area contributed by atoms with Gasteiger partial charge in [-0.2, -0.15) is 0 Å². The second-order valence-corrected chi connectivity index (χ2v) is 4.31. The first-order chi connectivity index (χ1) is 7.35. The zero-order valence-corrected chi connectivity index (χ0v) is 10.2. The topological polar surface area (TPSA) is 60.0 Å². The minimum absolute atomic E-state index is 0.305. The normalized spacial score (nSPS) is 11.6. The van der Waals surface area contributed by atoms with E-state index in [1.807, 2.05) is 0 Å². The number of carbonyl (C=O) groups is 1. The first kappa shape index (κ1) is 13.1. The number of hydrogen-bond acceptors (Lipinski definition) is 2. The van der Waals surface area contributed by atoms with Crippen LogP contribution in [0.25, 0.3) is 0 Å². The molecule has 1 aromatic heterocycles. The van der Waals surface area contributed by atoms with Gasteiger partial charge in [0.2, 0.25) is 0 Å². The molecule has 1 amide bonds. The third-order valence-electron chi connectivity index (χ3n) is 2.01. The fourth-order valence-electron chi connectivity index (χ4n) is 1.12. The van der Waals surface area contributed by atoms with Crippen LogP contribution in [0.5, 0.6) is 0 Å². The third kappa shape index (κ3) is 3.28. The number of amides is 1. The molecular weight excluding hydrogens is 284 g/mol. The van der Waals surface area contributed by atoms with Crippen molar-refractivity contribution in [1.29, 1.82) is 0 Å². The van der Waals surface area contributed by atoms with Crippen LogP contribution in [0.4, 0.5) is 8.78 Å². The van der Waals surface area contributed by atoms with E-state index in [4.69, 9.17) is 5.73 Å². The Kier molecular flexibility index (Phi) is 4.03. The average Bonchev–Trinajstić information content (AvgIpc) is 2.54. The van der Waals surface area contributed by atoms with E-state index in [0.717, 1.165) is 0 Å². The van der Waals surface area contributed by atoms with Gasteiger partial charge in [-0.05, 0) is 22.0 Å². The van der Waals surface area contributed by atoms with E-state index in [-0.39, 0.29) is 0 Å². The molecule has 0 aromatic carbocycles. The zero-order chi connectivity index (χ0) is 12.3. The van der Waals surface area contributed by atoms with Crippen molar-refractivity contribution in [2.24, 2.45) is 12.8 Å². The average molecular weight is 296 g/mol. The Balaban J connectivity index is 2.63. The molecule has 4 nitrogen and oxygen atoms in total. The maximum absolute atomic E-state index is 12.8. The predicted molar refractivity (Wildman–Crippen MR) is 59.4 cm³/mol. The standard InChI is InChI=1S/C9H12BrF2N3O/c1-15-3-6(10)2-7(15)8(16)14-5-9(11,12)4-13/h2-3H,4-5,13H2,1H3,(H,14,16). The van der Waals surface area contributed by atoms with Gasteiger partial charge in [0.1, 0.15) is 5.69 Å². The molecule has 0 fully saturated rings. The summed E-state index contributed by atoms with van der Waals surface area (Å²) in [5.41, 5.74) is 5.16. The second kappa shape index (κ2) is 4.92. The van der Waals surface area contributed by atoms with Crippen molar-refractivity contribution >= 4 is 21.8 Å². The van der Waals surface area contributed by atoms with Crippen molar-refractivity contribution in [1.82, 2.24) is 9.88 Å². The summed E-state index contributed by atoms with van der Waals surface area (Å²) in [6.45, 7) is -1.55. The molecule has 3 N–H and O–H groups in total. The first-order valence-electron chi connectivity index (χ1n) is 4.54. The zero-order valence-electron chi connectivity index (χ0n) is 8.64. The van der Waals surface area contributed by atoms with Crippen LogP contribution in [-0.4, -0.2) is 29.5 Å². The number of hydrogen-bond donors (Lipinski definition) is 2. The summed E-state index contributed by atoms with van der Waals surface area (Å²) in [6, 6.07) is 1.55. The summed E-state index contributed by atoms with van der Waals surface area (Å²) in [5, 5.41) is 2.13. The number of halogens is 3. The maximum atomic E-state index is 12.8. The number of carbonyl (C=O) groups excluding carboxylic acids is 1. The second-order valence-electron chi connectivity index (χ2n) is 3.40. The summed E-state index contributed by atoms with van der Waals surface area (Å²) < 4.78 is 27.8. The number of nitrogens with two attached hydrogens (primary N) is 1. The predicted octanol–water partition coefficient (Wildman–Crippen LogP) is 1.11. The Hall–Kier alpha value is -0.950. The molecule has 7 heteroatoms. The van der Waals surface area contributed by atoms with Gasteiger partial charge in [-0.15, -0.1) is 0 Å². The van der Waals surface area contributed by atoms with E-state index in [9.17, 15) is 13.6 Å². The molecule has 1 rings (SSSR count). The van der Waals surface area contributed by atoms with Crippen LogP contribution in [-0.2, 0) is 7.05 Å². The van der Waals surface area contributed by atoms with Crippen molar-refractivity contribution in [3.8, 4) is 0 Å². The number of aromatic nitrogens is 1. The molecular formula is C9H12BrF2N3O. The maximum Gasteiger partial charge on any atom is 0.277 e. The summed E-state index contributed by atoms with van der Waals surface area (Å²) in [5.74, 6) is -3.63. The van der Waals surface area contributed by atoms with Crippen LogP contribution in [0, 0.1) is 0 Å². The first-order valence-corrected chi connectivity index (χ1v) is 5.33. The third-order valence-corrected chi connectivity index (χ3v) is 2.44. The fraction of sp³-hybridized carbons (Fsp3) is 0.444. The molecule has 0 aliphatic rings. The van der Waals surface area contributed by atoms with E-state index < -0.39 is 24.9 Å². The molecule has 1 aromatic rings. The minimum atomic E-state index is -3.07. The van der Waals surface area contributed by atoms with E-state index in [0.29, 0.717) is 10.2 Å². The SMILES string of the molecule is Cn1cc(Br)cc1C(=O)NCC(F)(F)CN. The van der Waals surface area contributed by atoms with Crippen LogP contribution in [0.2, 0.25) is 0 Å². The van der Waals surface area contributed by atoms with E-state index in [1.54, 1.807) is 23.9 Å². The highest BCUT2D eigenvalue weighted by molar-refractivity contribution is 9.10. The fourth-order valence-corrected chi connectivity index (χ4v) is 1.65. The number of alkyl halides is 2. The monoisotopic (exact) mass is 295 g/mol. The minimum Gasteiger partial charge on any atom is -0.345 e. The molecule has 0 atom stereocenters. The number of nitrogens with zero attached hydrogens (tertiary/aromatic N) is 1. The van der Waals surface area contributed by atoms with E-state index in [1.165, 1.54) is 0 Å². The molecule has 0 radical (unpaired) electrons. The van der Waals surface area contributed by atoms with Gasteiger partial charge in [0, 0.05) is 17.7 Å². The summed E-state index contributed by atoms with van der Waals surface area (Å²) in [7, 11) is 1.65. The lowest BCUT2D eigenvalue weighted by molar-refractivity contribution is 0.0118. The Morgan fingerprint density at radius 3 is 2.75 bits per heavy atom. The van der Waals surface area contributed by atoms with Crippen molar-refractivity contribution in [2.45, 2.75) is 5.92 Å². The van der Waals surface area contributed by atoms with Crippen molar-refractivity contribution < 1.29 is 13.6 Å². The van der Waals surface area contributed by atoms with Crippen LogP contribution in [0.3, 0.4) is 0 Å². The molecule has 1 heterocycles. The molecule has 16 heavy (non-hydrogen) atoms. The highest BCUT2D eigenvalue weighted by Crippen LogP contribution is 2.14. The van der Waals surface area contributed by atoms with Crippen LogP contribution < -0.4 is 11.1 Å². The molecule has 0 aliphatic carbocycles. The molecule has 0 saturated heterocycles. The lowest BCUT2D eigenvalue weighted by atomic mass is 10.3. The van der Waals surface area contributed by atoms with Gasteiger partial charge in [-0.3, -0.25) is 4.79 Å². The highest BCUT2D eigenvalue weighted by Gasteiger charge is 2.27. The summed E-state index contributed by atoms with van der Waals surface area (Å²) in [6.07, 6.45) is 1.66. The van der Waals surface area contributed by atoms with Gasteiger partial charge in [-0.25, -0.2) is 8.78 Å². The largest absolute Gasteiger partial charge is 0.345 e. The van der Waals surface area contributed by atoms with Crippen molar-refractivity contribution in [2.75, 3.05) is 13.1 Å². The smallest absolute Gasteiger partial charge is 0.277 e. The van der Waals surface area contributed by atoms with Crippen molar-refractivity contribution in [3.05, 3.63) is 22.4 Å². The quantitative estimate of drug-likeness (QED) is 0.874. The van der Waals surface area contributed by atoms with Crippen molar-refractivity contribution in [3.63, 3.8) is 0 Å². The Morgan fingerprint density at radius 1 is 1.69 bits per heavy atom. The van der Waals surface area contributed by atoms with Gasteiger partial charge in [-0.1, -0.05) is 0 Å². The van der Waals surface area contributed by atoms with Gasteiger partial charge < -0.3 is 15.6 Å². The molecule has 0 saturated carbocycles. The number of nitrogens with one attached hydrogen (secondary N) is 1. The Labute approximate surface area is 99.9 Å². The Bertz CT molecular complexity index is 392. The summed E-state index contributed by atoms with van der Waals surface area (Å²) >= 11 is 3.19. The van der Waals surface area contributed by atoms with Crippen LogP contribution in [0.15, 0.2) is 16.7 Å². The highest BCUT2D eigenvalue weighted by atomic mass is 79.9. The molecule has 0 aliphatic heterocycles. The van der Waals surface area contributed by atoms with Gasteiger partial charge in [0.25, 0.3) is 11.8 Å². The molecule has 0 bridgehead atoms. The van der Waals surface area contributed by atoms with Gasteiger partial charge in [0.15, 0.2) is 0 Å². The lowest BCUT2D eigenvalue weighted by Crippen LogP contribution is -2.41. The molecule has 0 spiro atoms. The number of rotatable bonds is 4. The lowest BCUT2D eigenvalue weighted by Gasteiger charge is -2.14.